The van der Waals surface area contributed by atoms with Crippen LogP contribution in [-0.4, -0.2) is 47.2 Å². The van der Waals surface area contributed by atoms with Crippen LogP contribution in [0.2, 0.25) is 5.02 Å². The summed E-state index contributed by atoms with van der Waals surface area (Å²) >= 11 is 6.23. The van der Waals surface area contributed by atoms with Crippen molar-refractivity contribution < 1.29 is 14.6 Å². The molecule has 1 spiro atoms. The number of hydrogen-bond donors (Lipinski definition) is 2. The number of hydrogen-bond acceptors (Lipinski definition) is 5. The molecule has 2 heterocycles. The Kier molecular flexibility index (Phi) is 6.21. The largest absolute Gasteiger partial charge is 0.507 e. The molecule has 2 aliphatic heterocycles. The van der Waals surface area contributed by atoms with Crippen LogP contribution >= 0.6 is 11.6 Å². The van der Waals surface area contributed by atoms with Crippen molar-refractivity contribution in [1.29, 1.82) is 0 Å². The number of carbonyl (C=O) groups is 1. The second-order valence-electron chi connectivity index (χ2n) is 8.25. The van der Waals surface area contributed by atoms with Crippen LogP contribution in [0.25, 0.3) is 0 Å². The molecule has 1 saturated heterocycles. The fourth-order valence-corrected chi connectivity index (χ4v) is 4.52. The number of likely N-dealkylation sites (tertiary alicyclic amines) is 1. The molecule has 2 N–H and O–H groups in total. The van der Waals surface area contributed by atoms with E-state index in [9.17, 15) is 9.90 Å². The first kappa shape index (κ1) is 21.7. The molecule has 0 radical (unpaired) electrons. The molecule has 31 heavy (non-hydrogen) atoms. The van der Waals surface area contributed by atoms with Gasteiger partial charge >= 0.3 is 6.09 Å². The van der Waals surface area contributed by atoms with Crippen molar-refractivity contribution in [2.45, 2.75) is 44.8 Å². The summed E-state index contributed by atoms with van der Waals surface area (Å²) in [6.45, 7) is 5.37. The Labute approximate surface area is 187 Å². The smallest absolute Gasteiger partial charge is 0.409 e. The maximum Gasteiger partial charge on any atom is 0.409 e. The van der Waals surface area contributed by atoms with E-state index in [1.54, 1.807) is 23.1 Å². The van der Waals surface area contributed by atoms with Crippen molar-refractivity contribution in [1.82, 2.24) is 10.2 Å². The fraction of sp³-hybridized carbons (Fsp3) is 0.417. The van der Waals surface area contributed by atoms with Crippen molar-refractivity contribution in [3.05, 3.63) is 64.2 Å². The summed E-state index contributed by atoms with van der Waals surface area (Å²) in [4.78, 5) is 19.0. The van der Waals surface area contributed by atoms with Gasteiger partial charge in [0.15, 0.2) is 0 Å². The lowest BCUT2D eigenvalue weighted by Crippen LogP contribution is -2.56. The SMILES string of the molecule is CCOC(=O)N1CCC2(CC1)N=C(c1cc(Cl)ccc1O)C[C@H](c1ccc(C)cc1)N2. The molecule has 7 heteroatoms. The Bertz CT molecular complexity index is 982. The van der Waals surface area contributed by atoms with Crippen LogP contribution in [0.1, 0.15) is 48.9 Å². The van der Waals surface area contributed by atoms with E-state index in [1.165, 1.54) is 11.1 Å². The number of phenolic OH excluding ortho intramolecular Hbond substituents is 1. The predicted molar refractivity (Wildman–Crippen MR) is 122 cm³/mol. The van der Waals surface area contributed by atoms with Crippen LogP contribution in [0.4, 0.5) is 4.79 Å². The first-order valence-corrected chi connectivity index (χ1v) is 11.1. The van der Waals surface area contributed by atoms with Gasteiger partial charge in [-0.25, -0.2) is 4.79 Å². The van der Waals surface area contributed by atoms with Crippen molar-refractivity contribution in [2.24, 2.45) is 4.99 Å². The summed E-state index contributed by atoms with van der Waals surface area (Å²) in [5.41, 5.74) is 3.36. The average Bonchev–Trinajstić information content (AvgIpc) is 2.76. The van der Waals surface area contributed by atoms with Gasteiger partial charge in [0, 0.05) is 54.7 Å². The Hall–Kier alpha value is -2.57. The molecule has 6 nitrogen and oxygen atoms in total. The van der Waals surface area contributed by atoms with Crippen molar-refractivity contribution in [3.63, 3.8) is 0 Å². The van der Waals surface area contributed by atoms with E-state index in [-0.39, 0.29) is 17.9 Å². The van der Waals surface area contributed by atoms with E-state index in [1.807, 2.05) is 6.92 Å². The Balaban J connectivity index is 1.67. The molecule has 164 valence electrons. The zero-order chi connectivity index (χ0) is 22.0. The molecule has 2 aliphatic rings. The third kappa shape index (κ3) is 4.70. The van der Waals surface area contributed by atoms with E-state index in [2.05, 4.69) is 36.5 Å². The monoisotopic (exact) mass is 441 g/mol. The number of nitrogens with zero attached hydrogens (tertiary/aromatic N) is 2. The first-order valence-electron chi connectivity index (χ1n) is 10.7. The first-order chi connectivity index (χ1) is 14.9. The number of aryl methyl sites for hydroxylation is 1. The molecular formula is C24H28ClN3O3. The highest BCUT2D eigenvalue weighted by atomic mass is 35.5. The normalized spacial score (nSPS) is 20.4. The molecule has 0 aliphatic carbocycles. The number of amides is 1. The van der Waals surface area contributed by atoms with Gasteiger partial charge in [-0.2, -0.15) is 0 Å². The van der Waals surface area contributed by atoms with Gasteiger partial charge in [-0.15, -0.1) is 0 Å². The van der Waals surface area contributed by atoms with E-state index in [4.69, 9.17) is 21.3 Å². The summed E-state index contributed by atoms with van der Waals surface area (Å²) in [7, 11) is 0. The number of nitrogens with one attached hydrogen (secondary N) is 1. The maximum atomic E-state index is 12.2. The minimum atomic E-state index is -0.513. The quantitative estimate of drug-likeness (QED) is 0.715. The Morgan fingerprint density at radius 1 is 1.26 bits per heavy atom. The number of ether oxygens (including phenoxy) is 1. The molecule has 0 bridgehead atoms. The van der Waals surface area contributed by atoms with Crippen LogP contribution in [0, 0.1) is 6.92 Å². The number of halogens is 1. The van der Waals surface area contributed by atoms with Crippen molar-refractivity contribution in [3.8, 4) is 5.75 Å². The molecule has 2 aromatic carbocycles. The number of carbonyl (C=O) groups excluding carboxylic acids is 1. The standard InChI is InChI=1S/C24H28ClN3O3/c1-3-31-23(30)28-12-10-24(11-13-28)26-20(17-6-4-16(2)5-7-17)15-21(27-24)19-14-18(25)8-9-22(19)29/h4-9,14,20,26,29H,3,10-13,15H2,1-2H3/t20-/m1/s1. The zero-order valence-electron chi connectivity index (χ0n) is 17.9. The summed E-state index contributed by atoms with van der Waals surface area (Å²) in [6, 6.07) is 13.6. The average molecular weight is 442 g/mol. The third-order valence-corrected chi connectivity index (χ3v) is 6.29. The minimum Gasteiger partial charge on any atom is -0.507 e. The second kappa shape index (κ2) is 8.89. The van der Waals surface area contributed by atoms with Crippen LogP contribution in [0.3, 0.4) is 0 Å². The van der Waals surface area contributed by atoms with E-state index in [0.717, 1.165) is 5.71 Å². The van der Waals surface area contributed by atoms with E-state index < -0.39 is 5.66 Å². The predicted octanol–water partition coefficient (Wildman–Crippen LogP) is 4.83. The zero-order valence-corrected chi connectivity index (χ0v) is 18.7. The lowest BCUT2D eigenvalue weighted by molar-refractivity contribution is 0.0779. The van der Waals surface area contributed by atoms with Crippen molar-refractivity contribution in [2.75, 3.05) is 19.7 Å². The molecule has 4 rings (SSSR count). The van der Waals surface area contributed by atoms with E-state index >= 15 is 0 Å². The second-order valence-corrected chi connectivity index (χ2v) is 8.69. The number of rotatable bonds is 3. The van der Waals surface area contributed by atoms with Gasteiger partial charge in [-0.1, -0.05) is 41.4 Å². The molecule has 1 atom stereocenters. The Morgan fingerprint density at radius 3 is 2.65 bits per heavy atom. The lowest BCUT2D eigenvalue weighted by Gasteiger charge is -2.45. The van der Waals surface area contributed by atoms with Gasteiger partial charge in [0.1, 0.15) is 11.4 Å². The van der Waals surface area contributed by atoms with Crippen LogP contribution in [0.5, 0.6) is 5.75 Å². The highest BCUT2D eigenvalue weighted by molar-refractivity contribution is 6.31. The summed E-state index contributed by atoms with van der Waals surface area (Å²) in [6.07, 6.45) is 1.69. The molecule has 1 fully saturated rings. The minimum absolute atomic E-state index is 0.0422. The van der Waals surface area contributed by atoms with Crippen molar-refractivity contribution >= 4 is 23.4 Å². The molecule has 1 amide bonds. The van der Waals surface area contributed by atoms with Gasteiger partial charge in [-0.05, 0) is 37.6 Å². The number of aliphatic imine (C=N–C) groups is 1. The molecular weight excluding hydrogens is 414 g/mol. The summed E-state index contributed by atoms with van der Waals surface area (Å²) in [5, 5.41) is 14.8. The molecule has 2 aromatic rings. The number of piperidine rings is 1. The highest BCUT2D eigenvalue weighted by Gasteiger charge is 2.41. The maximum absolute atomic E-state index is 12.2. The van der Waals surface area contributed by atoms with Crippen LogP contribution in [0.15, 0.2) is 47.5 Å². The lowest BCUT2D eigenvalue weighted by atomic mass is 9.87. The van der Waals surface area contributed by atoms with Gasteiger partial charge in [-0.3, -0.25) is 10.3 Å². The summed E-state index contributed by atoms with van der Waals surface area (Å²) < 4.78 is 5.16. The molecule has 0 saturated carbocycles. The molecule has 0 aromatic heterocycles. The van der Waals surface area contributed by atoms with E-state index in [0.29, 0.717) is 49.5 Å². The van der Waals surface area contributed by atoms with Gasteiger partial charge in [0.2, 0.25) is 0 Å². The van der Waals surface area contributed by atoms with Crippen LogP contribution < -0.4 is 5.32 Å². The Morgan fingerprint density at radius 2 is 1.97 bits per heavy atom. The highest BCUT2D eigenvalue weighted by Crippen LogP contribution is 2.37. The van der Waals surface area contributed by atoms with Gasteiger partial charge < -0.3 is 14.7 Å². The molecule has 0 unspecified atom stereocenters. The van der Waals surface area contributed by atoms with Crippen LogP contribution in [-0.2, 0) is 4.74 Å². The van der Waals surface area contributed by atoms with Gasteiger partial charge in [0.05, 0.1) is 6.61 Å². The fourth-order valence-electron chi connectivity index (χ4n) is 4.34. The van der Waals surface area contributed by atoms with Gasteiger partial charge in [0.25, 0.3) is 0 Å². The summed E-state index contributed by atoms with van der Waals surface area (Å²) in [5.74, 6) is 0.173. The number of aromatic hydroxyl groups is 1. The third-order valence-electron chi connectivity index (χ3n) is 6.06. The topological polar surface area (TPSA) is 74.2 Å². The number of phenols is 1. The number of benzene rings is 2.